The third kappa shape index (κ3) is 1.97. The number of nitrogens with zero attached hydrogens (tertiary/aromatic N) is 2. The highest BCUT2D eigenvalue weighted by atomic mass is 16.4. The number of urea groups is 1. The Bertz CT molecular complexity index is 301. The summed E-state index contributed by atoms with van der Waals surface area (Å²) < 4.78 is 0. The molecule has 2 aliphatic heterocycles. The lowest BCUT2D eigenvalue weighted by Crippen LogP contribution is -2.47. The molecule has 2 aliphatic rings. The lowest BCUT2D eigenvalue weighted by Gasteiger charge is -2.26. The maximum atomic E-state index is 12.0. The van der Waals surface area contributed by atoms with Gasteiger partial charge in [0.15, 0.2) is 0 Å². The number of amides is 2. The quantitative estimate of drug-likeness (QED) is 0.647. The van der Waals surface area contributed by atoms with Crippen LogP contribution in [-0.2, 0) is 4.79 Å². The summed E-state index contributed by atoms with van der Waals surface area (Å²) in [5.74, 6) is -1.04. The Morgan fingerprint density at radius 2 is 1.81 bits per heavy atom. The minimum atomic E-state index is -1.04. The van der Waals surface area contributed by atoms with Crippen LogP contribution >= 0.6 is 0 Å². The molecule has 2 N–H and O–H groups in total. The normalized spacial score (nSPS) is 29.8. The maximum Gasteiger partial charge on any atom is 0.326 e. The van der Waals surface area contributed by atoms with Crippen molar-refractivity contribution in [2.45, 2.75) is 31.4 Å². The summed E-state index contributed by atoms with van der Waals surface area (Å²) in [6.45, 7) is 1.52. The fraction of sp³-hybridized carbons (Fsp3) is 0.800. The summed E-state index contributed by atoms with van der Waals surface area (Å²) in [5.41, 5.74) is 0. The zero-order valence-electron chi connectivity index (χ0n) is 9.00. The van der Waals surface area contributed by atoms with Gasteiger partial charge in [0.25, 0.3) is 0 Å². The molecule has 6 heteroatoms. The average Bonchev–Trinajstić information content (AvgIpc) is 2.84. The van der Waals surface area contributed by atoms with Crippen LogP contribution in [-0.4, -0.2) is 63.8 Å². The number of likely N-dealkylation sites (tertiary alicyclic amines) is 2. The van der Waals surface area contributed by atoms with Gasteiger partial charge in [-0.2, -0.15) is 0 Å². The Hall–Kier alpha value is -1.30. The van der Waals surface area contributed by atoms with Gasteiger partial charge < -0.3 is 20.0 Å². The van der Waals surface area contributed by atoms with Crippen molar-refractivity contribution in [2.75, 3.05) is 19.6 Å². The molecule has 0 spiro atoms. The van der Waals surface area contributed by atoms with E-state index in [1.165, 1.54) is 4.90 Å². The molecule has 0 aromatic rings. The van der Waals surface area contributed by atoms with Crippen LogP contribution in [0.5, 0.6) is 0 Å². The van der Waals surface area contributed by atoms with E-state index in [-0.39, 0.29) is 19.0 Å². The van der Waals surface area contributed by atoms with Gasteiger partial charge in [0, 0.05) is 26.1 Å². The molecule has 2 saturated heterocycles. The highest BCUT2D eigenvalue weighted by Gasteiger charge is 2.40. The molecule has 0 bridgehead atoms. The van der Waals surface area contributed by atoms with Crippen molar-refractivity contribution < 1.29 is 19.8 Å². The van der Waals surface area contributed by atoms with Crippen molar-refractivity contribution in [1.29, 1.82) is 0 Å². The first-order chi connectivity index (χ1) is 7.59. The SMILES string of the molecule is O=C(O)[C@@H]1C[C@H](O)CN1C(=O)N1CCCC1. The third-order valence-electron chi connectivity index (χ3n) is 3.19. The lowest BCUT2D eigenvalue weighted by atomic mass is 10.2. The second-order valence-electron chi connectivity index (χ2n) is 4.37. The van der Waals surface area contributed by atoms with E-state index < -0.39 is 18.1 Å². The van der Waals surface area contributed by atoms with Gasteiger partial charge in [-0.15, -0.1) is 0 Å². The number of aliphatic hydroxyl groups is 1. The summed E-state index contributed by atoms with van der Waals surface area (Å²) in [6, 6.07) is -1.12. The largest absolute Gasteiger partial charge is 0.480 e. The van der Waals surface area contributed by atoms with Gasteiger partial charge in [-0.05, 0) is 12.8 Å². The minimum absolute atomic E-state index is 0.131. The molecule has 0 aliphatic carbocycles. The van der Waals surface area contributed by atoms with Crippen LogP contribution in [0.1, 0.15) is 19.3 Å². The van der Waals surface area contributed by atoms with Gasteiger partial charge in [-0.3, -0.25) is 0 Å². The Labute approximate surface area is 93.4 Å². The van der Waals surface area contributed by atoms with Gasteiger partial charge in [-0.25, -0.2) is 9.59 Å². The van der Waals surface area contributed by atoms with E-state index in [9.17, 15) is 14.7 Å². The van der Waals surface area contributed by atoms with Crippen LogP contribution < -0.4 is 0 Å². The Morgan fingerprint density at radius 1 is 1.19 bits per heavy atom. The maximum absolute atomic E-state index is 12.0. The number of carboxylic acids is 1. The number of carbonyl (C=O) groups is 2. The topological polar surface area (TPSA) is 81.1 Å². The number of hydrogen-bond acceptors (Lipinski definition) is 3. The molecule has 0 unspecified atom stereocenters. The third-order valence-corrected chi connectivity index (χ3v) is 3.19. The van der Waals surface area contributed by atoms with Crippen LogP contribution in [0.3, 0.4) is 0 Å². The van der Waals surface area contributed by atoms with Crippen molar-refractivity contribution in [3.63, 3.8) is 0 Å². The summed E-state index contributed by atoms with van der Waals surface area (Å²) in [5, 5.41) is 18.4. The number of carbonyl (C=O) groups excluding carboxylic acids is 1. The summed E-state index contributed by atoms with van der Waals surface area (Å²) in [7, 11) is 0. The predicted octanol–water partition coefficient (Wildman–Crippen LogP) is -0.278. The van der Waals surface area contributed by atoms with E-state index in [2.05, 4.69) is 0 Å². The molecule has 2 fully saturated rings. The lowest BCUT2D eigenvalue weighted by molar-refractivity contribution is -0.141. The molecule has 0 aromatic carbocycles. The first-order valence-electron chi connectivity index (χ1n) is 5.56. The average molecular weight is 228 g/mol. The van der Waals surface area contributed by atoms with Crippen molar-refractivity contribution in [3.05, 3.63) is 0 Å². The fourth-order valence-electron chi connectivity index (χ4n) is 2.35. The number of aliphatic hydroxyl groups excluding tert-OH is 1. The van der Waals surface area contributed by atoms with Crippen molar-refractivity contribution in [1.82, 2.24) is 9.80 Å². The molecule has 0 saturated carbocycles. The molecular formula is C10H16N2O4. The Balaban J connectivity index is 2.06. The van der Waals surface area contributed by atoms with Crippen LogP contribution in [0.4, 0.5) is 4.79 Å². The van der Waals surface area contributed by atoms with Crippen molar-refractivity contribution in [2.24, 2.45) is 0 Å². The molecule has 2 amide bonds. The molecular weight excluding hydrogens is 212 g/mol. The number of β-amino-alcohol motifs (C(OH)–C–C–N with tert-alkyl or cyclic N) is 1. The predicted molar refractivity (Wildman–Crippen MR) is 55.0 cm³/mol. The van der Waals surface area contributed by atoms with E-state index in [4.69, 9.17) is 5.11 Å². The van der Waals surface area contributed by atoms with Crippen molar-refractivity contribution >= 4 is 12.0 Å². The molecule has 16 heavy (non-hydrogen) atoms. The van der Waals surface area contributed by atoms with Crippen molar-refractivity contribution in [3.8, 4) is 0 Å². The highest BCUT2D eigenvalue weighted by Crippen LogP contribution is 2.21. The van der Waals surface area contributed by atoms with Crippen LogP contribution in [0.25, 0.3) is 0 Å². The Morgan fingerprint density at radius 3 is 2.38 bits per heavy atom. The molecule has 2 rings (SSSR count). The van der Waals surface area contributed by atoms with Gasteiger partial charge in [0.2, 0.25) is 0 Å². The van der Waals surface area contributed by atoms with E-state index in [1.54, 1.807) is 4.90 Å². The molecule has 6 nitrogen and oxygen atoms in total. The van der Waals surface area contributed by atoms with Gasteiger partial charge in [0.05, 0.1) is 6.10 Å². The molecule has 0 radical (unpaired) electrons. The Kier molecular flexibility index (Phi) is 3.00. The first-order valence-corrected chi connectivity index (χ1v) is 5.56. The molecule has 0 aromatic heterocycles. The van der Waals surface area contributed by atoms with E-state index >= 15 is 0 Å². The fourth-order valence-corrected chi connectivity index (χ4v) is 2.35. The van der Waals surface area contributed by atoms with E-state index in [0.29, 0.717) is 13.1 Å². The number of aliphatic carboxylic acids is 1. The minimum Gasteiger partial charge on any atom is -0.480 e. The van der Waals surface area contributed by atoms with Crippen LogP contribution in [0.15, 0.2) is 0 Å². The van der Waals surface area contributed by atoms with Gasteiger partial charge >= 0.3 is 12.0 Å². The highest BCUT2D eigenvalue weighted by molar-refractivity contribution is 5.83. The van der Waals surface area contributed by atoms with Crippen LogP contribution in [0, 0.1) is 0 Å². The second-order valence-corrected chi connectivity index (χ2v) is 4.37. The summed E-state index contributed by atoms with van der Waals surface area (Å²) in [6.07, 6.45) is 1.36. The molecule has 2 heterocycles. The smallest absolute Gasteiger partial charge is 0.326 e. The summed E-state index contributed by atoms with van der Waals surface area (Å²) in [4.78, 5) is 25.9. The second kappa shape index (κ2) is 4.29. The van der Waals surface area contributed by atoms with E-state index in [1.807, 2.05) is 0 Å². The zero-order chi connectivity index (χ0) is 11.7. The molecule has 2 atom stereocenters. The number of rotatable bonds is 1. The number of hydrogen-bond donors (Lipinski definition) is 2. The standard InChI is InChI=1S/C10H16N2O4/c13-7-5-8(9(14)15)12(6-7)10(16)11-3-1-2-4-11/h7-8,13H,1-6H2,(H,14,15)/t7-,8-/m0/s1. The monoisotopic (exact) mass is 228 g/mol. The number of carboxylic acid groups (broad SMARTS) is 1. The van der Waals surface area contributed by atoms with Gasteiger partial charge in [0.1, 0.15) is 6.04 Å². The zero-order valence-corrected chi connectivity index (χ0v) is 9.00. The van der Waals surface area contributed by atoms with Gasteiger partial charge in [-0.1, -0.05) is 0 Å². The van der Waals surface area contributed by atoms with Crippen LogP contribution in [0.2, 0.25) is 0 Å². The summed E-state index contributed by atoms with van der Waals surface area (Å²) >= 11 is 0. The molecule has 90 valence electrons. The van der Waals surface area contributed by atoms with E-state index in [0.717, 1.165) is 12.8 Å². The first kappa shape index (κ1) is 11.2.